The number of hydrogen-bond donors (Lipinski definition) is 3. The lowest BCUT2D eigenvalue weighted by molar-refractivity contribution is -0.161. The highest BCUT2D eigenvalue weighted by molar-refractivity contribution is 7.47. The molecule has 17 nitrogen and oxygen atoms in total. The smallest absolute Gasteiger partial charge is 0.462 e. The van der Waals surface area contributed by atoms with Crippen LogP contribution in [0.2, 0.25) is 0 Å². The van der Waals surface area contributed by atoms with Crippen molar-refractivity contribution in [1.82, 2.24) is 0 Å². The van der Waals surface area contributed by atoms with E-state index < -0.39 is 97.5 Å². The van der Waals surface area contributed by atoms with Gasteiger partial charge in [0.1, 0.15) is 19.3 Å². The summed E-state index contributed by atoms with van der Waals surface area (Å²) in [6.07, 6.45) is 62.4. The Balaban J connectivity index is 5.22. The highest BCUT2D eigenvalue weighted by atomic mass is 31.2. The van der Waals surface area contributed by atoms with E-state index in [0.29, 0.717) is 25.7 Å². The maximum Gasteiger partial charge on any atom is 0.472 e. The first-order valence-electron chi connectivity index (χ1n) is 42.0. The summed E-state index contributed by atoms with van der Waals surface area (Å²) in [6, 6.07) is 0. The fraction of sp³-hybridized carbons (Fsp3) is 0.951. The Bertz CT molecular complexity index is 1920. The summed E-state index contributed by atoms with van der Waals surface area (Å²) in [7, 11) is -9.92. The molecule has 0 heterocycles. The van der Waals surface area contributed by atoms with Crippen LogP contribution in [0.1, 0.15) is 427 Å². The minimum Gasteiger partial charge on any atom is -0.462 e. The zero-order valence-electron chi connectivity index (χ0n) is 65.5. The molecule has 594 valence electrons. The molecule has 0 amide bonds. The Kier molecular flexibility index (Phi) is 71.2. The molecule has 0 saturated heterocycles. The van der Waals surface area contributed by atoms with E-state index >= 15 is 0 Å². The van der Waals surface area contributed by atoms with Gasteiger partial charge in [0.05, 0.1) is 26.4 Å². The topological polar surface area (TPSA) is 237 Å². The van der Waals surface area contributed by atoms with Gasteiger partial charge in [-0.15, -0.1) is 0 Å². The minimum atomic E-state index is -4.96. The molecule has 2 unspecified atom stereocenters. The predicted octanol–water partition coefficient (Wildman–Crippen LogP) is 24.3. The Morgan fingerprint density at radius 3 is 0.680 bits per heavy atom. The molecule has 0 aliphatic rings. The van der Waals surface area contributed by atoms with Crippen LogP contribution in [0.3, 0.4) is 0 Å². The molecule has 5 atom stereocenters. The number of rotatable bonds is 80. The summed E-state index contributed by atoms with van der Waals surface area (Å²) in [5.41, 5.74) is 0. The van der Waals surface area contributed by atoms with E-state index in [-0.39, 0.29) is 25.7 Å². The summed E-state index contributed by atoms with van der Waals surface area (Å²) in [4.78, 5) is 73.0. The maximum absolute atomic E-state index is 13.1. The molecule has 0 bridgehead atoms. The van der Waals surface area contributed by atoms with Crippen LogP contribution in [-0.2, 0) is 65.4 Å². The van der Waals surface area contributed by atoms with Gasteiger partial charge >= 0.3 is 39.5 Å². The van der Waals surface area contributed by atoms with Gasteiger partial charge in [0, 0.05) is 25.7 Å². The van der Waals surface area contributed by atoms with Crippen molar-refractivity contribution in [2.75, 3.05) is 39.6 Å². The summed E-state index contributed by atoms with van der Waals surface area (Å²) >= 11 is 0. The number of aliphatic hydroxyl groups is 1. The molecule has 0 aromatic heterocycles. The van der Waals surface area contributed by atoms with Crippen LogP contribution in [0, 0.1) is 11.8 Å². The van der Waals surface area contributed by atoms with E-state index in [1.54, 1.807) is 0 Å². The SMILES string of the molecule is CCCCCCCCCCCCCCCCCCCCC(=O)O[C@H](COC(=O)CCCCCCCCCCCCCCCCC(C)C)COP(=O)(O)OC[C@@H](O)COP(=O)(O)OC[C@@H](COC(=O)CCCCCCCCCCC)OC(=O)CCCCCCCCCCCCCCCC(C)C. The molecule has 0 spiro atoms. The Morgan fingerprint density at radius 1 is 0.270 bits per heavy atom. The monoisotopic (exact) mass is 1470 g/mol. The first kappa shape index (κ1) is 98.1. The lowest BCUT2D eigenvalue weighted by Gasteiger charge is -2.21. The normalized spacial score (nSPS) is 13.9. The lowest BCUT2D eigenvalue weighted by atomic mass is 10.0. The number of aliphatic hydroxyl groups excluding tert-OH is 1. The Hall–Kier alpha value is -1.94. The van der Waals surface area contributed by atoms with Crippen LogP contribution < -0.4 is 0 Å². The predicted molar refractivity (Wildman–Crippen MR) is 409 cm³/mol. The summed E-state index contributed by atoms with van der Waals surface area (Å²) < 4.78 is 68.7. The van der Waals surface area contributed by atoms with E-state index in [0.717, 1.165) is 102 Å². The van der Waals surface area contributed by atoms with Gasteiger partial charge in [-0.2, -0.15) is 0 Å². The third-order valence-corrected chi connectivity index (χ3v) is 20.9. The first-order chi connectivity index (χ1) is 48.4. The fourth-order valence-corrected chi connectivity index (χ4v) is 14.1. The van der Waals surface area contributed by atoms with Crippen molar-refractivity contribution in [2.45, 2.75) is 445 Å². The molecule has 100 heavy (non-hydrogen) atoms. The van der Waals surface area contributed by atoms with E-state index in [1.165, 1.54) is 244 Å². The van der Waals surface area contributed by atoms with Gasteiger partial charge in [-0.05, 0) is 37.5 Å². The second-order valence-corrected chi connectivity index (χ2v) is 33.0. The van der Waals surface area contributed by atoms with Gasteiger partial charge in [0.2, 0.25) is 0 Å². The number of ether oxygens (including phenoxy) is 4. The molecule has 3 N–H and O–H groups in total. The largest absolute Gasteiger partial charge is 0.472 e. The van der Waals surface area contributed by atoms with Crippen molar-refractivity contribution < 1.29 is 80.2 Å². The molecule has 0 aliphatic heterocycles. The van der Waals surface area contributed by atoms with Crippen LogP contribution in [0.15, 0.2) is 0 Å². The fourth-order valence-electron chi connectivity index (χ4n) is 12.5. The standard InChI is InChI=1S/C81H158O17P2/c1-7-9-11-13-15-17-18-19-20-21-22-23-30-35-41-47-53-59-65-80(85)98-77(70-92-79(84)64-58-52-46-40-34-29-25-24-27-32-38-43-49-55-61-73(3)4)72-96-100(89,90)94-68-75(82)67-93-99(87,88)95-71-76(69-91-78(83)63-57-51-45-37-16-14-12-10-8-2)97-81(86)66-60-54-48-42-36-31-26-28-33-39-44-50-56-62-74(5)6/h73-77,82H,7-72H2,1-6H3,(H,87,88)(H,89,90)/t75-,76+,77+/m0/s1. The number of esters is 4. The van der Waals surface area contributed by atoms with Crippen LogP contribution in [0.5, 0.6) is 0 Å². The van der Waals surface area contributed by atoms with Crippen LogP contribution in [-0.4, -0.2) is 96.7 Å². The van der Waals surface area contributed by atoms with Gasteiger partial charge in [0.15, 0.2) is 12.2 Å². The lowest BCUT2D eigenvalue weighted by Crippen LogP contribution is -2.30. The van der Waals surface area contributed by atoms with E-state index in [1.807, 2.05) is 0 Å². The van der Waals surface area contributed by atoms with Crippen molar-refractivity contribution in [2.24, 2.45) is 11.8 Å². The summed E-state index contributed by atoms with van der Waals surface area (Å²) in [5, 5.41) is 10.6. The van der Waals surface area contributed by atoms with Crippen molar-refractivity contribution in [1.29, 1.82) is 0 Å². The van der Waals surface area contributed by atoms with Gasteiger partial charge in [-0.1, -0.05) is 375 Å². The summed E-state index contributed by atoms with van der Waals surface area (Å²) in [6.45, 7) is 9.66. The second kappa shape index (κ2) is 72.6. The van der Waals surface area contributed by atoms with Crippen LogP contribution in [0.25, 0.3) is 0 Å². The van der Waals surface area contributed by atoms with Gasteiger partial charge in [-0.3, -0.25) is 37.3 Å². The van der Waals surface area contributed by atoms with Gasteiger partial charge in [-0.25, -0.2) is 9.13 Å². The molecular weight excluding hydrogens is 1310 g/mol. The number of carbonyl (C=O) groups is 4. The van der Waals surface area contributed by atoms with Gasteiger partial charge < -0.3 is 33.8 Å². The first-order valence-corrected chi connectivity index (χ1v) is 45.0. The van der Waals surface area contributed by atoms with Crippen LogP contribution in [0.4, 0.5) is 0 Å². The zero-order chi connectivity index (χ0) is 73.5. The average molecular weight is 1470 g/mol. The molecule has 0 radical (unpaired) electrons. The highest BCUT2D eigenvalue weighted by Crippen LogP contribution is 2.45. The van der Waals surface area contributed by atoms with Crippen molar-refractivity contribution >= 4 is 39.5 Å². The third-order valence-electron chi connectivity index (χ3n) is 19.0. The average Bonchev–Trinajstić information content (AvgIpc) is 1.02. The van der Waals surface area contributed by atoms with E-state index in [2.05, 4.69) is 41.5 Å². The van der Waals surface area contributed by atoms with Crippen molar-refractivity contribution in [3.05, 3.63) is 0 Å². The quantitative estimate of drug-likeness (QED) is 0.0222. The summed E-state index contributed by atoms with van der Waals surface area (Å²) in [5.74, 6) is -0.522. The maximum atomic E-state index is 13.1. The Morgan fingerprint density at radius 2 is 0.460 bits per heavy atom. The molecule has 0 aromatic carbocycles. The number of phosphoric acid groups is 2. The van der Waals surface area contributed by atoms with E-state index in [4.69, 9.17) is 37.0 Å². The molecule has 0 aromatic rings. The number of phosphoric ester groups is 2. The van der Waals surface area contributed by atoms with Gasteiger partial charge in [0.25, 0.3) is 0 Å². The highest BCUT2D eigenvalue weighted by Gasteiger charge is 2.30. The van der Waals surface area contributed by atoms with Crippen LogP contribution >= 0.6 is 15.6 Å². The molecular formula is C81H158O17P2. The van der Waals surface area contributed by atoms with Crippen molar-refractivity contribution in [3.63, 3.8) is 0 Å². The molecule has 0 aliphatic carbocycles. The molecule has 19 heteroatoms. The number of unbranched alkanes of at least 4 members (excludes halogenated alkanes) is 50. The second-order valence-electron chi connectivity index (χ2n) is 30.1. The molecule has 0 saturated carbocycles. The van der Waals surface area contributed by atoms with Crippen molar-refractivity contribution in [3.8, 4) is 0 Å². The number of carbonyl (C=O) groups excluding carboxylic acids is 4. The van der Waals surface area contributed by atoms with E-state index in [9.17, 15) is 43.2 Å². The Labute approximate surface area is 613 Å². The zero-order valence-corrected chi connectivity index (χ0v) is 67.3. The number of hydrogen-bond acceptors (Lipinski definition) is 15. The minimum absolute atomic E-state index is 0.107. The third kappa shape index (κ3) is 74.3. The molecule has 0 fully saturated rings. The molecule has 0 rings (SSSR count).